The molecule has 3 rings (SSSR count). The van der Waals surface area contributed by atoms with E-state index in [2.05, 4.69) is 0 Å². The summed E-state index contributed by atoms with van der Waals surface area (Å²) in [5.74, 6) is -4.13. The summed E-state index contributed by atoms with van der Waals surface area (Å²) < 4.78 is 73.4. The van der Waals surface area contributed by atoms with Crippen LogP contribution in [0.5, 0.6) is 5.75 Å². The Morgan fingerprint density at radius 2 is 1.65 bits per heavy atom. The van der Waals surface area contributed by atoms with Crippen molar-refractivity contribution in [2.24, 2.45) is 0 Å². The van der Waals surface area contributed by atoms with Crippen LogP contribution < -0.4 is 4.74 Å². The number of sulfone groups is 1. The second kappa shape index (κ2) is 8.81. The standard InChI is InChI=1S/C22H17F3O5S/c1-2-18(22(26)27)30-19-9-8-14(23)12-15(19)13-7-10-21(17(25)11-13)31(28,29)20-6-4-3-5-16(20)24/h3-12,18H,2H2,1H3,(H,26,27)/t18-/m0/s1. The SMILES string of the molecule is CC[C@H](Oc1ccc(F)cc1-c1ccc(S(=O)(=O)c2ccccc2F)c(F)c1)C(=O)O. The minimum absolute atomic E-state index is 0.0141. The highest BCUT2D eigenvalue weighted by Crippen LogP contribution is 2.34. The van der Waals surface area contributed by atoms with E-state index in [1.54, 1.807) is 6.92 Å². The summed E-state index contributed by atoms with van der Waals surface area (Å²) in [5, 5.41) is 9.19. The first kappa shape index (κ1) is 22.4. The van der Waals surface area contributed by atoms with E-state index in [0.29, 0.717) is 0 Å². The first-order valence-electron chi connectivity index (χ1n) is 9.13. The van der Waals surface area contributed by atoms with Gasteiger partial charge in [-0.25, -0.2) is 26.4 Å². The quantitative estimate of drug-likeness (QED) is 0.557. The lowest BCUT2D eigenvalue weighted by molar-refractivity contribution is -0.145. The average molecular weight is 450 g/mol. The largest absolute Gasteiger partial charge is 0.479 e. The maximum Gasteiger partial charge on any atom is 0.344 e. The van der Waals surface area contributed by atoms with E-state index in [9.17, 15) is 31.5 Å². The molecular formula is C22H17F3O5S. The molecule has 0 aliphatic heterocycles. The van der Waals surface area contributed by atoms with Crippen LogP contribution in [0.2, 0.25) is 0 Å². The minimum atomic E-state index is -4.48. The monoisotopic (exact) mass is 450 g/mol. The summed E-state index contributed by atoms with van der Waals surface area (Å²) in [6, 6.07) is 10.9. The molecule has 9 heteroatoms. The van der Waals surface area contributed by atoms with Crippen molar-refractivity contribution in [1.82, 2.24) is 0 Å². The summed E-state index contributed by atoms with van der Waals surface area (Å²) in [6.45, 7) is 1.59. The van der Waals surface area contributed by atoms with Crippen LogP contribution in [0.25, 0.3) is 11.1 Å². The predicted molar refractivity (Wildman–Crippen MR) is 106 cm³/mol. The Morgan fingerprint density at radius 3 is 2.26 bits per heavy atom. The lowest BCUT2D eigenvalue weighted by atomic mass is 10.0. The van der Waals surface area contributed by atoms with Crippen LogP contribution in [0, 0.1) is 17.5 Å². The molecule has 0 spiro atoms. The predicted octanol–water partition coefficient (Wildman–Crippen LogP) is 4.85. The van der Waals surface area contributed by atoms with Crippen molar-refractivity contribution in [3.63, 3.8) is 0 Å². The van der Waals surface area contributed by atoms with Crippen molar-refractivity contribution in [2.45, 2.75) is 29.2 Å². The Kier molecular flexibility index (Phi) is 6.35. The van der Waals surface area contributed by atoms with E-state index in [4.69, 9.17) is 4.74 Å². The summed E-state index contributed by atoms with van der Waals surface area (Å²) in [7, 11) is -4.48. The molecule has 0 saturated heterocycles. The molecule has 31 heavy (non-hydrogen) atoms. The van der Waals surface area contributed by atoms with Crippen molar-refractivity contribution < 1.29 is 36.2 Å². The van der Waals surface area contributed by atoms with Crippen LogP contribution in [-0.4, -0.2) is 25.6 Å². The maximum absolute atomic E-state index is 14.8. The van der Waals surface area contributed by atoms with Crippen LogP contribution >= 0.6 is 0 Å². The van der Waals surface area contributed by atoms with Gasteiger partial charge in [0.2, 0.25) is 9.84 Å². The molecule has 3 aromatic carbocycles. The molecule has 0 unspecified atom stereocenters. The van der Waals surface area contributed by atoms with Gasteiger partial charge in [0.15, 0.2) is 6.10 Å². The zero-order valence-electron chi connectivity index (χ0n) is 16.2. The Morgan fingerprint density at radius 1 is 0.968 bits per heavy atom. The van der Waals surface area contributed by atoms with Crippen LogP contribution in [0.3, 0.4) is 0 Å². The fourth-order valence-electron chi connectivity index (χ4n) is 2.96. The molecule has 1 atom stereocenters. The van der Waals surface area contributed by atoms with Crippen molar-refractivity contribution in [3.8, 4) is 16.9 Å². The molecule has 0 radical (unpaired) electrons. The third-order valence-electron chi connectivity index (χ3n) is 4.52. The van der Waals surface area contributed by atoms with E-state index in [1.165, 1.54) is 24.3 Å². The van der Waals surface area contributed by atoms with E-state index >= 15 is 0 Å². The number of carbonyl (C=O) groups is 1. The summed E-state index contributed by atoms with van der Waals surface area (Å²) >= 11 is 0. The van der Waals surface area contributed by atoms with Crippen molar-refractivity contribution in [2.75, 3.05) is 0 Å². The molecule has 0 heterocycles. The number of halogens is 3. The second-order valence-corrected chi connectivity index (χ2v) is 8.46. The van der Waals surface area contributed by atoms with E-state index in [0.717, 1.165) is 36.4 Å². The fraction of sp³-hybridized carbons (Fsp3) is 0.136. The van der Waals surface area contributed by atoms with Gasteiger partial charge < -0.3 is 9.84 Å². The minimum Gasteiger partial charge on any atom is -0.479 e. The lowest BCUT2D eigenvalue weighted by Crippen LogP contribution is -2.26. The van der Waals surface area contributed by atoms with Crippen LogP contribution in [0.4, 0.5) is 13.2 Å². The topological polar surface area (TPSA) is 80.7 Å². The Balaban J connectivity index is 2.07. The van der Waals surface area contributed by atoms with Gasteiger partial charge in [-0.3, -0.25) is 0 Å². The highest BCUT2D eigenvalue weighted by molar-refractivity contribution is 7.91. The van der Waals surface area contributed by atoms with Crippen molar-refractivity contribution in [1.29, 1.82) is 0 Å². The van der Waals surface area contributed by atoms with Crippen LogP contribution in [0.1, 0.15) is 13.3 Å². The van der Waals surface area contributed by atoms with E-state index < -0.39 is 49.2 Å². The number of hydrogen-bond acceptors (Lipinski definition) is 4. The van der Waals surface area contributed by atoms with Gasteiger partial charge in [0, 0.05) is 5.56 Å². The van der Waals surface area contributed by atoms with E-state index in [1.807, 2.05) is 0 Å². The lowest BCUT2D eigenvalue weighted by Gasteiger charge is -2.17. The molecule has 0 saturated carbocycles. The van der Waals surface area contributed by atoms with Gasteiger partial charge in [0.1, 0.15) is 33.0 Å². The molecule has 1 N–H and O–H groups in total. The first-order valence-corrected chi connectivity index (χ1v) is 10.6. The van der Waals surface area contributed by atoms with Crippen molar-refractivity contribution >= 4 is 15.8 Å². The Bertz CT molecular complexity index is 1240. The molecule has 0 bridgehead atoms. The van der Waals surface area contributed by atoms with E-state index in [-0.39, 0.29) is 23.3 Å². The van der Waals surface area contributed by atoms with Crippen LogP contribution in [-0.2, 0) is 14.6 Å². The molecule has 0 aliphatic rings. The molecule has 0 aromatic heterocycles. The third-order valence-corrected chi connectivity index (χ3v) is 6.34. The maximum atomic E-state index is 14.8. The number of aliphatic carboxylic acids is 1. The van der Waals surface area contributed by atoms with Gasteiger partial charge >= 0.3 is 5.97 Å². The van der Waals surface area contributed by atoms with Gasteiger partial charge in [0.25, 0.3) is 0 Å². The van der Waals surface area contributed by atoms with Gasteiger partial charge in [-0.05, 0) is 54.4 Å². The number of carboxylic acids is 1. The van der Waals surface area contributed by atoms with Gasteiger partial charge in [-0.15, -0.1) is 0 Å². The Labute approximate surface area is 176 Å². The summed E-state index contributed by atoms with van der Waals surface area (Å²) in [5.41, 5.74) is 0.0909. The molecular weight excluding hydrogens is 433 g/mol. The second-order valence-electron chi connectivity index (χ2n) is 6.57. The number of carboxylic acid groups (broad SMARTS) is 1. The van der Waals surface area contributed by atoms with Gasteiger partial charge in [-0.2, -0.15) is 0 Å². The number of ether oxygens (including phenoxy) is 1. The Hall–Kier alpha value is -3.33. The summed E-state index contributed by atoms with van der Waals surface area (Å²) in [4.78, 5) is 9.83. The number of benzene rings is 3. The normalized spacial score (nSPS) is 12.4. The zero-order valence-corrected chi connectivity index (χ0v) is 17.0. The van der Waals surface area contributed by atoms with Gasteiger partial charge in [-0.1, -0.05) is 25.1 Å². The number of hydrogen-bond donors (Lipinski definition) is 1. The van der Waals surface area contributed by atoms with Gasteiger partial charge in [0.05, 0.1) is 0 Å². The molecule has 0 aliphatic carbocycles. The summed E-state index contributed by atoms with van der Waals surface area (Å²) in [6.07, 6.45) is -1.09. The average Bonchev–Trinajstić information content (AvgIpc) is 2.72. The molecule has 3 aromatic rings. The molecule has 0 amide bonds. The smallest absolute Gasteiger partial charge is 0.344 e. The zero-order chi connectivity index (χ0) is 22.8. The first-order chi connectivity index (χ1) is 14.6. The van der Waals surface area contributed by atoms with Crippen molar-refractivity contribution in [3.05, 3.63) is 78.1 Å². The highest BCUT2D eigenvalue weighted by Gasteiger charge is 2.26. The molecule has 5 nitrogen and oxygen atoms in total. The number of rotatable bonds is 7. The highest BCUT2D eigenvalue weighted by atomic mass is 32.2. The van der Waals surface area contributed by atoms with Crippen LogP contribution in [0.15, 0.2) is 70.5 Å². The third kappa shape index (κ3) is 4.56. The molecule has 162 valence electrons. The molecule has 0 fully saturated rings. The fourth-order valence-corrected chi connectivity index (χ4v) is 4.34.